The Morgan fingerprint density at radius 1 is 1.24 bits per heavy atom. The molecule has 7 nitrogen and oxygen atoms in total. The van der Waals surface area contributed by atoms with E-state index in [1.807, 2.05) is 0 Å². The lowest BCUT2D eigenvalue weighted by molar-refractivity contribution is -0.130. The summed E-state index contributed by atoms with van der Waals surface area (Å²) in [5, 5.41) is 5.95. The number of rotatable bonds is 3. The maximum absolute atomic E-state index is 12.4. The van der Waals surface area contributed by atoms with E-state index in [9.17, 15) is 14.4 Å². The average molecular weight is 296 g/mol. The third-order valence-electron chi connectivity index (χ3n) is 4.00. The summed E-state index contributed by atoms with van der Waals surface area (Å²) in [5.41, 5.74) is 0. The molecule has 0 radical (unpaired) electrons. The fraction of sp³-hybridized carbons (Fsp3) is 0.786. The van der Waals surface area contributed by atoms with Crippen molar-refractivity contribution in [2.24, 2.45) is 0 Å². The fourth-order valence-electron chi connectivity index (χ4n) is 2.95. The summed E-state index contributed by atoms with van der Waals surface area (Å²) in [4.78, 5) is 38.5. The maximum atomic E-state index is 12.4. The summed E-state index contributed by atoms with van der Waals surface area (Å²) in [5.74, 6) is -0.376. The van der Waals surface area contributed by atoms with Crippen molar-refractivity contribution in [3.05, 3.63) is 0 Å². The lowest BCUT2D eigenvalue weighted by Crippen LogP contribution is -2.72. The van der Waals surface area contributed by atoms with Gasteiger partial charge in [0, 0.05) is 19.0 Å². The van der Waals surface area contributed by atoms with Crippen molar-refractivity contribution < 1.29 is 14.4 Å². The van der Waals surface area contributed by atoms with Crippen molar-refractivity contribution in [2.75, 3.05) is 0 Å². The molecule has 0 aromatic carbocycles. The quantitative estimate of drug-likeness (QED) is 0.828. The zero-order valence-corrected chi connectivity index (χ0v) is 12.9. The number of hydrogen-bond donors (Lipinski definition) is 2. The number of carbonyl (C=O) groups is 3. The number of nitrogens with zero attached hydrogens (tertiary/aromatic N) is 2. The van der Waals surface area contributed by atoms with Crippen molar-refractivity contribution in [3.63, 3.8) is 0 Å². The second-order valence-corrected chi connectivity index (χ2v) is 5.99. The molecule has 1 saturated carbocycles. The second-order valence-electron chi connectivity index (χ2n) is 5.99. The van der Waals surface area contributed by atoms with Gasteiger partial charge in [-0.15, -0.1) is 0 Å². The monoisotopic (exact) mass is 296 g/mol. The lowest BCUT2D eigenvalue weighted by atomic mass is 9.95. The van der Waals surface area contributed by atoms with E-state index in [1.165, 1.54) is 13.3 Å². The molecule has 0 bridgehead atoms. The summed E-state index contributed by atoms with van der Waals surface area (Å²) in [6.07, 6.45) is 4.72. The molecule has 118 valence electrons. The Labute approximate surface area is 125 Å². The van der Waals surface area contributed by atoms with Crippen LogP contribution < -0.4 is 10.6 Å². The molecule has 0 aromatic heterocycles. The Kier molecular flexibility index (Phi) is 4.82. The molecule has 0 spiro atoms. The minimum atomic E-state index is -0.749. The van der Waals surface area contributed by atoms with Crippen LogP contribution in [0.1, 0.15) is 52.9 Å². The minimum absolute atomic E-state index is 0.226. The molecule has 1 heterocycles. The van der Waals surface area contributed by atoms with Crippen LogP contribution in [0.2, 0.25) is 0 Å². The van der Waals surface area contributed by atoms with E-state index in [0.29, 0.717) is 0 Å². The second kappa shape index (κ2) is 6.43. The number of hydrogen-bond acceptors (Lipinski definition) is 4. The number of carbonyl (C=O) groups excluding carboxylic acids is 3. The van der Waals surface area contributed by atoms with Gasteiger partial charge in [0.1, 0.15) is 0 Å². The summed E-state index contributed by atoms with van der Waals surface area (Å²) < 4.78 is 0. The first-order chi connectivity index (χ1) is 9.91. The highest BCUT2D eigenvalue weighted by molar-refractivity contribution is 6.03. The van der Waals surface area contributed by atoms with Crippen molar-refractivity contribution in [3.8, 4) is 0 Å². The molecule has 1 aliphatic carbocycles. The summed E-state index contributed by atoms with van der Waals surface area (Å²) in [6.45, 7) is 4.82. The Hall–Kier alpha value is -1.63. The largest absolute Gasteiger partial charge is 0.337 e. The van der Waals surface area contributed by atoms with Gasteiger partial charge in [-0.25, -0.2) is 19.4 Å². The van der Waals surface area contributed by atoms with Crippen LogP contribution in [-0.4, -0.2) is 46.1 Å². The molecular formula is C14H24N4O3. The fourth-order valence-corrected chi connectivity index (χ4v) is 2.95. The highest BCUT2D eigenvalue weighted by Gasteiger charge is 2.42. The normalized spacial score (nSPS) is 24.5. The van der Waals surface area contributed by atoms with Crippen LogP contribution in [0.4, 0.5) is 9.59 Å². The lowest BCUT2D eigenvalue weighted by Gasteiger charge is -2.42. The Morgan fingerprint density at radius 2 is 1.86 bits per heavy atom. The average Bonchev–Trinajstić information content (AvgIpc) is 2.38. The van der Waals surface area contributed by atoms with Gasteiger partial charge < -0.3 is 5.32 Å². The zero-order chi connectivity index (χ0) is 15.6. The zero-order valence-electron chi connectivity index (χ0n) is 12.9. The van der Waals surface area contributed by atoms with Crippen LogP contribution in [0.3, 0.4) is 0 Å². The van der Waals surface area contributed by atoms with Gasteiger partial charge in [-0.1, -0.05) is 19.3 Å². The third-order valence-corrected chi connectivity index (χ3v) is 4.00. The van der Waals surface area contributed by atoms with E-state index in [-0.39, 0.29) is 18.0 Å². The molecule has 1 unspecified atom stereocenters. The van der Waals surface area contributed by atoms with Crippen molar-refractivity contribution in [1.29, 1.82) is 0 Å². The topological polar surface area (TPSA) is 81.8 Å². The predicted molar refractivity (Wildman–Crippen MR) is 77.2 cm³/mol. The highest BCUT2D eigenvalue weighted by Crippen LogP contribution is 2.20. The summed E-state index contributed by atoms with van der Waals surface area (Å²) in [6, 6.07) is -1.09. The standard InChI is InChI=1S/C14H24N4O3/c1-9(2)17-13(20)16-12(18(10(3)19)14(17)21)15-11-7-5-4-6-8-11/h9,11-12,15H,4-8H2,1-3H3,(H,16,20). The molecule has 1 aliphatic heterocycles. The first-order valence-electron chi connectivity index (χ1n) is 7.61. The van der Waals surface area contributed by atoms with Crippen molar-refractivity contribution >= 4 is 18.0 Å². The molecular weight excluding hydrogens is 272 g/mol. The van der Waals surface area contributed by atoms with E-state index < -0.39 is 18.4 Å². The molecule has 2 N–H and O–H groups in total. The van der Waals surface area contributed by atoms with Crippen LogP contribution in [0.15, 0.2) is 0 Å². The van der Waals surface area contributed by atoms with Crippen LogP contribution in [0.5, 0.6) is 0 Å². The molecule has 21 heavy (non-hydrogen) atoms. The van der Waals surface area contributed by atoms with Gasteiger partial charge in [-0.2, -0.15) is 0 Å². The number of amides is 5. The van der Waals surface area contributed by atoms with E-state index >= 15 is 0 Å². The Bertz CT molecular complexity index is 432. The summed E-state index contributed by atoms with van der Waals surface area (Å²) >= 11 is 0. The highest BCUT2D eigenvalue weighted by atomic mass is 16.2. The van der Waals surface area contributed by atoms with E-state index in [4.69, 9.17) is 0 Å². The van der Waals surface area contributed by atoms with Crippen molar-refractivity contribution in [1.82, 2.24) is 20.4 Å². The van der Waals surface area contributed by atoms with Gasteiger partial charge in [0.15, 0.2) is 6.29 Å². The molecule has 0 aromatic rings. The number of imide groups is 2. The van der Waals surface area contributed by atoms with E-state index in [1.54, 1.807) is 13.8 Å². The van der Waals surface area contributed by atoms with Crippen molar-refractivity contribution in [2.45, 2.75) is 71.2 Å². The molecule has 2 fully saturated rings. The van der Waals surface area contributed by atoms with Gasteiger partial charge in [0.2, 0.25) is 5.91 Å². The predicted octanol–water partition coefficient (Wildman–Crippen LogP) is 1.59. The van der Waals surface area contributed by atoms with E-state index in [0.717, 1.165) is 35.5 Å². The smallest absolute Gasteiger partial charge is 0.304 e. The summed E-state index contributed by atoms with van der Waals surface area (Å²) in [7, 11) is 0. The minimum Gasteiger partial charge on any atom is -0.304 e. The molecule has 7 heteroatoms. The molecule has 5 amide bonds. The first kappa shape index (κ1) is 15.8. The SMILES string of the molecule is CC(=O)N1C(=O)N(C(C)C)C(=O)NC1NC1CCCCC1. The van der Waals surface area contributed by atoms with Gasteiger partial charge >= 0.3 is 12.1 Å². The molecule has 2 aliphatic rings. The van der Waals surface area contributed by atoms with Crippen LogP contribution in [0.25, 0.3) is 0 Å². The van der Waals surface area contributed by atoms with Crippen LogP contribution in [-0.2, 0) is 4.79 Å². The third kappa shape index (κ3) is 3.34. The van der Waals surface area contributed by atoms with Gasteiger partial charge in [0.05, 0.1) is 0 Å². The first-order valence-corrected chi connectivity index (χ1v) is 7.61. The number of urea groups is 2. The molecule has 2 rings (SSSR count). The van der Waals surface area contributed by atoms with Crippen LogP contribution >= 0.6 is 0 Å². The molecule has 1 atom stereocenters. The Balaban J connectivity index is 2.14. The molecule has 1 saturated heterocycles. The van der Waals surface area contributed by atoms with E-state index in [2.05, 4.69) is 10.6 Å². The van der Waals surface area contributed by atoms with Gasteiger partial charge in [-0.3, -0.25) is 10.1 Å². The van der Waals surface area contributed by atoms with Gasteiger partial charge in [-0.05, 0) is 26.7 Å². The maximum Gasteiger partial charge on any atom is 0.337 e. The Morgan fingerprint density at radius 3 is 2.38 bits per heavy atom. The number of nitrogens with one attached hydrogen (secondary N) is 2. The van der Waals surface area contributed by atoms with Gasteiger partial charge in [0.25, 0.3) is 0 Å². The van der Waals surface area contributed by atoms with Crippen LogP contribution in [0, 0.1) is 0 Å².